The molecule has 0 aliphatic heterocycles. The Morgan fingerprint density at radius 1 is 1.71 bits per heavy atom. The van der Waals surface area contributed by atoms with Crippen LogP contribution in [0.5, 0.6) is 0 Å². The average Bonchev–Trinajstić information content (AvgIpc) is 2.09. The Morgan fingerprint density at radius 3 is 3.00 bits per heavy atom. The molecule has 0 fully saturated rings. The molecular formula is C8H12BrN3O2. The highest BCUT2D eigenvalue weighted by molar-refractivity contribution is 8.93. The summed E-state index contributed by atoms with van der Waals surface area (Å²) in [5.41, 5.74) is 0.0514. The number of hydrogen-bond donors (Lipinski definition) is 1. The summed E-state index contributed by atoms with van der Waals surface area (Å²) in [7, 11) is 0. The van der Waals surface area contributed by atoms with Crippen molar-refractivity contribution >= 4 is 23.0 Å². The van der Waals surface area contributed by atoms with E-state index >= 15 is 0 Å². The van der Waals surface area contributed by atoms with Crippen LogP contribution >= 0.6 is 17.0 Å². The number of rotatable bonds is 3. The fraction of sp³-hybridized carbons (Fsp3) is 0.375. The van der Waals surface area contributed by atoms with Crippen LogP contribution in [-0.2, 0) is 16.1 Å². The average molecular weight is 262 g/mol. The number of aromatic nitrogens is 2. The molecule has 0 unspecified atom stereocenters. The van der Waals surface area contributed by atoms with Crippen LogP contribution in [0.4, 0.5) is 0 Å². The van der Waals surface area contributed by atoms with Crippen molar-refractivity contribution in [3.05, 3.63) is 24.1 Å². The zero-order valence-corrected chi connectivity index (χ0v) is 9.48. The van der Waals surface area contributed by atoms with E-state index in [2.05, 4.69) is 4.98 Å². The SMILES string of the molecule is Br.CCOC(=O)Cn1cccnc1=N. The van der Waals surface area contributed by atoms with E-state index in [9.17, 15) is 4.79 Å². The first-order chi connectivity index (χ1) is 6.24. The van der Waals surface area contributed by atoms with E-state index in [-0.39, 0.29) is 35.1 Å². The van der Waals surface area contributed by atoms with E-state index < -0.39 is 0 Å². The highest BCUT2D eigenvalue weighted by atomic mass is 79.9. The van der Waals surface area contributed by atoms with Gasteiger partial charge in [0, 0.05) is 12.4 Å². The number of nitrogens with one attached hydrogen (secondary N) is 1. The smallest absolute Gasteiger partial charge is 0.326 e. The van der Waals surface area contributed by atoms with E-state index in [4.69, 9.17) is 10.1 Å². The summed E-state index contributed by atoms with van der Waals surface area (Å²) < 4.78 is 6.14. The molecule has 1 rings (SSSR count). The Labute approximate surface area is 92.0 Å². The van der Waals surface area contributed by atoms with E-state index in [0.29, 0.717) is 6.61 Å². The molecule has 0 aromatic carbocycles. The second kappa shape index (κ2) is 6.31. The lowest BCUT2D eigenvalue weighted by Gasteiger charge is -2.04. The number of ether oxygens (including phenoxy) is 1. The maximum Gasteiger partial charge on any atom is 0.326 e. The Morgan fingerprint density at radius 2 is 2.43 bits per heavy atom. The van der Waals surface area contributed by atoms with Crippen LogP contribution in [0.2, 0.25) is 0 Å². The maximum absolute atomic E-state index is 11.0. The second-order valence-corrected chi connectivity index (χ2v) is 2.38. The molecule has 0 radical (unpaired) electrons. The molecule has 0 amide bonds. The van der Waals surface area contributed by atoms with E-state index in [1.165, 1.54) is 10.8 Å². The summed E-state index contributed by atoms with van der Waals surface area (Å²) in [5, 5.41) is 7.34. The van der Waals surface area contributed by atoms with Gasteiger partial charge in [-0.3, -0.25) is 10.2 Å². The standard InChI is InChI=1S/C8H11N3O2.BrH/c1-2-13-7(12)6-11-5-3-4-10-8(11)9;/h3-5,9H,2,6H2,1H3;1H. The zero-order valence-electron chi connectivity index (χ0n) is 7.77. The van der Waals surface area contributed by atoms with Gasteiger partial charge in [0.2, 0.25) is 5.62 Å². The predicted molar refractivity (Wildman–Crippen MR) is 55.0 cm³/mol. The zero-order chi connectivity index (χ0) is 9.68. The molecule has 14 heavy (non-hydrogen) atoms. The number of halogens is 1. The Kier molecular flexibility index (Phi) is 5.78. The molecule has 0 aliphatic rings. The Balaban J connectivity index is 0.00000169. The highest BCUT2D eigenvalue weighted by Crippen LogP contribution is 1.83. The maximum atomic E-state index is 11.0. The van der Waals surface area contributed by atoms with Gasteiger partial charge >= 0.3 is 5.97 Å². The third-order valence-electron chi connectivity index (χ3n) is 1.43. The van der Waals surface area contributed by atoms with Crippen LogP contribution in [-0.4, -0.2) is 22.1 Å². The van der Waals surface area contributed by atoms with Gasteiger partial charge in [0.05, 0.1) is 6.61 Å². The number of carbonyl (C=O) groups excluding carboxylic acids is 1. The molecule has 1 N–H and O–H groups in total. The first-order valence-electron chi connectivity index (χ1n) is 3.95. The monoisotopic (exact) mass is 261 g/mol. The van der Waals surface area contributed by atoms with E-state index in [1.807, 2.05) is 0 Å². The fourth-order valence-corrected chi connectivity index (χ4v) is 0.874. The topological polar surface area (TPSA) is 68.0 Å². The molecule has 1 aromatic rings. The number of esters is 1. The summed E-state index contributed by atoms with van der Waals surface area (Å²) in [5.74, 6) is -0.353. The van der Waals surface area contributed by atoms with Crippen molar-refractivity contribution in [2.45, 2.75) is 13.5 Å². The molecule has 0 bridgehead atoms. The van der Waals surface area contributed by atoms with Crippen molar-refractivity contribution in [2.24, 2.45) is 0 Å². The minimum atomic E-state index is -0.353. The first kappa shape index (κ1) is 12.8. The largest absolute Gasteiger partial charge is 0.465 e. The van der Waals surface area contributed by atoms with Gasteiger partial charge in [-0.1, -0.05) is 0 Å². The van der Waals surface area contributed by atoms with Crippen molar-refractivity contribution in [1.29, 1.82) is 5.41 Å². The van der Waals surface area contributed by atoms with Gasteiger partial charge in [0.25, 0.3) is 0 Å². The molecule has 1 aromatic heterocycles. The molecule has 0 saturated heterocycles. The fourth-order valence-electron chi connectivity index (χ4n) is 0.874. The molecule has 78 valence electrons. The summed E-state index contributed by atoms with van der Waals surface area (Å²) >= 11 is 0. The molecule has 0 spiro atoms. The molecule has 0 saturated carbocycles. The molecule has 0 aliphatic carbocycles. The summed E-state index contributed by atoms with van der Waals surface area (Å²) in [6.45, 7) is 2.14. The number of carbonyl (C=O) groups is 1. The minimum Gasteiger partial charge on any atom is -0.465 e. The van der Waals surface area contributed by atoms with Gasteiger partial charge < -0.3 is 9.30 Å². The molecular weight excluding hydrogens is 250 g/mol. The van der Waals surface area contributed by atoms with Crippen molar-refractivity contribution in [1.82, 2.24) is 9.55 Å². The molecule has 5 nitrogen and oxygen atoms in total. The predicted octanol–water partition coefficient (Wildman–Crippen LogP) is 0.504. The van der Waals surface area contributed by atoms with E-state index in [1.54, 1.807) is 19.2 Å². The third-order valence-corrected chi connectivity index (χ3v) is 1.43. The summed E-state index contributed by atoms with van der Waals surface area (Å²) in [4.78, 5) is 14.7. The number of hydrogen-bond acceptors (Lipinski definition) is 4. The lowest BCUT2D eigenvalue weighted by Crippen LogP contribution is -2.26. The van der Waals surface area contributed by atoms with Gasteiger partial charge in [-0.25, -0.2) is 4.98 Å². The number of nitrogens with zero attached hydrogens (tertiary/aromatic N) is 2. The lowest BCUT2D eigenvalue weighted by atomic mass is 10.6. The lowest BCUT2D eigenvalue weighted by molar-refractivity contribution is -0.143. The quantitative estimate of drug-likeness (QED) is 0.807. The minimum absolute atomic E-state index is 0. The van der Waals surface area contributed by atoms with Crippen molar-refractivity contribution < 1.29 is 9.53 Å². The first-order valence-corrected chi connectivity index (χ1v) is 3.95. The van der Waals surface area contributed by atoms with Crippen molar-refractivity contribution in [3.8, 4) is 0 Å². The summed E-state index contributed by atoms with van der Waals surface area (Å²) in [6, 6.07) is 1.66. The second-order valence-electron chi connectivity index (χ2n) is 2.38. The third kappa shape index (κ3) is 3.69. The van der Waals surface area contributed by atoms with Crippen LogP contribution in [0.15, 0.2) is 18.5 Å². The van der Waals surface area contributed by atoms with Crippen LogP contribution in [0.25, 0.3) is 0 Å². The normalized spacial score (nSPS) is 8.93. The van der Waals surface area contributed by atoms with Crippen molar-refractivity contribution in [2.75, 3.05) is 6.61 Å². The molecule has 6 heteroatoms. The summed E-state index contributed by atoms with van der Waals surface area (Å²) in [6.07, 6.45) is 3.12. The van der Waals surface area contributed by atoms with Crippen molar-refractivity contribution in [3.63, 3.8) is 0 Å². The van der Waals surface area contributed by atoms with Gasteiger partial charge in [0.15, 0.2) is 0 Å². The van der Waals surface area contributed by atoms with Crippen LogP contribution < -0.4 is 5.62 Å². The van der Waals surface area contributed by atoms with Gasteiger partial charge in [0.1, 0.15) is 6.54 Å². The van der Waals surface area contributed by atoms with Gasteiger partial charge in [-0.2, -0.15) is 0 Å². The van der Waals surface area contributed by atoms with Crippen LogP contribution in [0.1, 0.15) is 6.92 Å². The van der Waals surface area contributed by atoms with E-state index in [0.717, 1.165) is 0 Å². The van der Waals surface area contributed by atoms with Gasteiger partial charge in [-0.15, -0.1) is 17.0 Å². The molecule has 0 atom stereocenters. The molecule has 1 heterocycles. The Hall–Kier alpha value is -1.17. The van der Waals surface area contributed by atoms with Gasteiger partial charge in [-0.05, 0) is 13.0 Å². The Bertz CT molecular complexity index is 350. The van der Waals surface area contributed by atoms with Crippen LogP contribution in [0.3, 0.4) is 0 Å². The highest BCUT2D eigenvalue weighted by Gasteiger charge is 2.02. The van der Waals surface area contributed by atoms with Crippen LogP contribution in [0, 0.1) is 5.41 Å².